The fraction of sp³-hybridized carbons (Fsp3) is 0.167. The fourth-order valence-corrected chi connectivity index (χ4v) is 4.86. The molecule has 1 N–H and O–H groups in total. The van der Waals surface area contributed by atoms with E-state index in [0.717, 1.165) is 18.4 Å². The van der Waals surface area contributed by atoms with Crippen molar-refractivity contribution < 1.29 is 9.32 Å². The number of aromatic nitrogens is 1. The lowest BCUT2D eigenvalue weighted by Crippen LogP contribution is -2.30. The van der Waals surface area contributed by atoms with Crippen LogP contribution in [0.4, 0.5) is 11.4 Å². The van der Waals surface area contributed by atoms with E-state index >= 15 is 0 Å². The molecule has 0 saturated heterocycles. The molecule has 0 saturated carbocycles. The molecular weight excluding hydrogens is 394 g/mol. The van der Waals surface area contributed by atoms with Crippen LogP contribution < -0.4 is 10.2 Å². The van der Waals surface area contributed by atoms with E-state index in [-0.39, 0.29) is 12.3 Å². The minimum atomic E-state index is -0.0379. The zero-order valence-electron chi connectivity index (χ0n) is 16.4. The van der Waals surface area contributed by atoms with E-state index < -0.39 is 0 Å². The Morgan fingerprint density at radius 3 is 2.37 bits per heavy atom. The van der Waals surface area contributed by atoms with Gasteiger partial charge in [0.05, 0.1) is 17.8 Å². The van der Waals surface area contributed by atoms with Crippen molar-refractivity contribution in [3.05, 3.63) is 78.5 Å². The summed E-state index contributed by atoms with van der Waals surface area (Å²) in [6, 6.07) is 24.5. The van der Waals surface area contributed by atoms with Gasteiger partial charge in [-0.1, -0.05) is 53.3 Å². The number of anilines is 2. The van der Waals surface area contributed by atoms with Crippen molar-refractivity contribution in [1.29, 1.82) is 0 Å². The van der Waals surface area contributed by atoms with Gasteiger partial charge in [-0.2, -0.15) is 0 Å². The third-order valence-corrected chi connectivity index (χ3v) is 6.32. The molecule has 5 nitrogen and oxygen atoms in total. The molecule has 1 aromatic heterocycles. The Labute approximate surface area is 179 Å². The van der Waals surface area contributed by atoms with Crippen molar-refractivity contribution in [3.63, 3.8) is 0 Å². The van der Waals surface area contributed by atoms with Crippen LogP contribution in [-0.2, 0) is 11.2 Å². The van der Waals surface area contributed by atoms with Gasteiger partial charge in [0.2, 0.25) is 5.91 Å². The Kier molecular flexibility index (Phi) is 5.15. The predicted molar refractivity (Wildman–Crippen MR) is 119 cm³/mol. The lowest BCUT2D eigenvalue weighted by molar-refractivity contribution is -0.120. The quantitative estimate of drug-likeness (QED) is 0.440. The van der Waals surface area contributed by atoms with Gasteiger partial charge in [-0.3, -0.25) is 4.79 Å². The number of hydrogen-bond donors (Lipinski definition) is 1. The number of nitrogens with zero attached hydrogens (tertiary/aromatic N) is 2. The second kappa shape index (κ2) is 8.24. The summed E-state index contributed by atoms with van der Waals surface area (Å²) in [5.41, 5.74) is 3.84. The molecule has 3 aromatic carbocycles. The maximum Gasteiger partial charge on any atom is 0.226 e. The first kappa shape index (κ1) is 18.8. The van der Waals surface area contributed by atoms with Crippen LogP contribution >= 0.6 is 11.8 Å². The monoisotopic (exact) mass is 415 g/mol. The zero-order valence-corrected chi connectivity index (χ0v) is 17.2. The Morgan fingerprint density at radius 1 is 0.933 bits per heavy atom. The van der Waals surface area contributed by atoms with Crippen LogP contribution in [0, 0.1) is 0 Å². The first-order chi connectivity index (χ1) is 14.8. The van der Waals surface area contributed by atoms with Crippen LogP contribution in [0.3, 0.4) is 0 Å². The van der Waals surface area contributed by atoms with Crippen molar-refractivity contribution in [1.82, 2.24) is 10.5 Å². The first-order valence-corrected chi connectivity index (χ1v) is 10.8. The molecule has 1 aliphatic rings. The Bertz CT molecular complexity index is 1160. The van der Waals surface area contributed by atoms with E-state index in [9.17, 15) is 4.79 Å². The molecule has 1 amide bonds. The molecule has 0 spiro atoms. The SMILES string of the molecule is O=C(Cc1noc2ccccc12)NCCCN1c2ccccc2Sc2ccccc21. The average molecular weight is 416 g/mol. The molecule has 0 aliphatic carbocycles. The summed E-state index contributed by atoms with van der Waals surface area (Å²) < 4.78 is 5.28. The van der Waals surface area contributed by atoms with Gasteiger partial charge in [-0.05, 0) is 42.8 Å². The number of amides is 1. The average Bonchev–Trinajstić information content (AvgIpc) is 3.18. The van der Waals surface area contributed by atoms with Crippen LogP contribution in [0.25, 0.3) is 11.0 Å². The third kappa shape index (κ3) is 3.66. The largest absolute Gasteiger partial charge is 0.356 e. The number of rotatable bonds is 6. The lowest BCUT2D eigenvalue weighted by Gasteiger charge is -2.32. The summed E-state index contributed by atoms with van der Waals surface area (Å²) in [6.45, 7) is 1.45. The number of fused-ring (bicyclic) bond motifs is 3. The van der Waals surface area contributed by atoms with E-state index in [1.165, 1.54) is 21.2 Å². The van der Waals surface area contributed by atoms with E-state index in [1.807, 2.05) is 24.3 Å². The Hall–Kier alpha value is -3.25. The molecule has 4 aromatic rings. The summed E-state index contributed by atoms with van der Waals surface area (Å²) in [5.74, 6) is -0.0379. The number of nitrogens with one attached hydrogen (secondary N) is 1. The smallest absolute Gasteiger partial charge is 0.226 e. The molecule has 0 radical (unpaired) electrons. The highest BCUT2D eigenvalue weighted by molar-refractivity contribution is 7.99. The molecule has 0 atom stereocenters. The highest BCUT2D eigenvalue weighted by Crippen LogP contribution is 2.47. The highest BCUT2D eigenvalue weighted by atomic mass is 32.2. The fourth-order valence-electron chi connectivity index (χ4n) is 3.77. The van der Waals surface area contributed by atoms with Crippen LogP contribution in [0.15, 0.2) is 87.1 Å². The van der Waals surface area contributed by atoms with Crippen molar-refractivity contribution in [2.45, 2.75) is 22.6 Å². The van der Waals surface area contributed by atoms with Gasteiger partial charge in [0.25, 0.3) is 0 Å². The van der Waals surface area contributed by atoms with Gasteiger partial charge in [0, 0.05) is 28.3 Å². The second-order valence-corrected chi connectivity index (χ2v) is 8.28. The van der Waals surface area contributed by atoms with Crippen LogP contribution in [0.5, 0.6) is 0 Å². The molecule has 5 rings (SSSR count). The van der Waals surface area contributed by atoms with Crippen LogP contribution in [0.2, 0.25) is 0 Å². The minimum absolute atomic E-state index is 0.0379. The predicted octanol–water partition coefficient (Wildman–Crippen LogP) is 5.18. The van der Waals surface area contributed by atoms with Gasteiger partial charge in [-0.15, -0.1) is 0 Å². The maximum absolute atomic E-state index is 12.4. The minimum Gasteiger partial charge on any atom is -0.356 e. The molecule has 0 bridgehead atoms. The Morgan fingerprint density at radius 2 is 1.60 bits per heavy atom. The van der Waals surface area contributed by atoms with Crippen LogP contribution in [0.1, 0.15) is 12.1 Å². The molecule has 1 aliphatic heterocycles. The van der Waals surface area contributed by atoms with Crippen molar-refractivity contribution in [2.24, 2.45) is 0 Å². The number of hydrogen-bond acceptors (Lipinski definition) is 5. The number of carbonyl (C=O) groups is 1. The van der Waals surface area contributed by atoms with Gasteiger partial charge in [-0.25, -0.2) is 0 Å². The van der Waals surface area contributed by atoms with Crippen molar-refractivity contribution >= 4 is 40.0 Å². The summed E-state index contributed by atoms with van der Waals surface area (Å²) in [5, 5.41) is 7.96. The third-order valence-electron chi connectivity index (χ3n) is 5.19. The summed E-state index contributed by atoms with van der Waals surface area (Å²) in [6.07, 6.45) is 1.07. The van der Waals surface area contributed by atoms with Crippen molar-refractivity contribution in [2.75, 3.05) is 18.0 Å². The van der Waals surface area contributed by atoms with Gasteiger partial charge in [0.15, 0.2) is 5.58 Å². The summed E-state index contributed by atoms with van der Waals surface area (Å²) in [4.78, 5) is 17.3. The van der Waals surface area contributed by atoms with E-state index in [0.29, 0.717) is 17.8 Å². The summed E-state index contributed by atoms with van der Waals surface area (Å²) >= 11 is 1.81. The van der Waals surface area contributed by atoms with E-state index in [1.54, 1.807) is 11.8 Å². The number of para-hydroxylation sites is 3. The topological polar surface area (TPSA) is 58.4 Å². The standard InChI is InChI=1S/C24H21N3O2S/c28-24(16-18-17-8-1-4-11-21(17)29-26-18)25-14-7-15-27-19-9-2-5-12-22(19)30-23-13-6-3-10-20(23)27/h1-6,8-13H,7,14-16H2,(H,25,28). The molecule has 6 heteroatoms. The molecule has 2 heterocycles. The zero-order chi connectivity index (χ0) is 20.3. The van der Waals surface area contributed by atoms with Crippen molar-refractivity contribution in [3.8, 4) is 0 Å². The van der Waals surface area contributed by atoms with Crippen LogP contribution in [-0.4, -0.2) is 24.2 Å². The van der Waals surface area contributed by atoms with E-state index in [4.69, 9.17) is 4.52 Å². The van der Waals surface area contributed by atoms with Gasteiger partial charge in [0.1, 0.15) is 5.69 Å². The van der Waals surface area contributed by atoms with E-state index in [2.05, 4.69) is 63.9 Å². The lowest BCUT2D eigenvalue weighted by atomic mass is 10.1. The van der Waals surface area contributed by atoms with Gasteiger partial charge < -0.3 is 14.7 Å². The maximum atomic E-state index is 12.4. The normalized spacial score (nSPS) is 12.5. The molecule has 0 unspecified atom stereocenters. The molecule has 0 fully saturated rings. The molecule has 150 valence electrons. The number of carbonyl (C=O) groups excluding carboxylic acids is 1. The second-order valence-electron chi connectivity index (χ2n) is 7.19. The Balaban J connectivity index is 1.21. The summed E-state index contributed by atoms with van der Waals surface area (Å²) in [7, 11) is 0. The van der Waals surface area contributed by atoms with Gasteiger partial charge >= 0.3 is 0 Å². The first-order valence-electron chi connectivity index (χ1n) is 10.0. The molecule has 30 heavy (non-hydrogen) atoms. The molecular formula is C24H21N3O2S. The highest BCUT2D eigenvalue weighted by Gasteiger charge is 2.22. The number of benzene rings is 3.